The molecular formula is C12H22N4O6S2. The van der Waals surface area contributed by atoms with Gasteiger partial charge in [-0.05, 0) is 0 Å². The monoisotopic (exact) mass is 382 g/mol. The summed E-state index contributed by atoms with van der Waals surface area (Å²) in [5.41, 5.74) is 0. The molecular weight excluding hydrogens is 360 g/mol. The number of rotatable bonds is 10. The molecule has 0 rings (SSSR count). The number of thiol groups is 2. The van der Waals surface area contributed by atoms with Crippen LogP contribution in [0.1, 0.15) is 0 Å². The second-order valence-corrected chi connectivity index (χ2v) is 5.18. The largest absolute Gasteiger partial charge is 0.395 e. The van der Waals surface area contributed by atoms with Gasteiger partial charge in [0.2, 0.25) is 11.8 Å². The number of aliphatic hydroxyl groups is 2. The lowest BCUT2D eigenvalue weighted by molar-refractivity contribution is -0.141. The molecule has 0 spiro atoms. The van der Waals surface area contributed by atoms with Crippen LogP contribution in [0.15, 0.2) is 0 Å². The minimum absolute atomic E-state index is 0.00205. The van der Waals surface area contributed by atoms with E-state index < -0.39 is 35.7 Å². The summed E-state index contributed by atoms with van der Waals surface area (Å²) in [6.45, 7) is -0.548. The lowest BCUT2D eigenvalue weighted by atomic mass is 10.2. The molecule has 138 valence electrons. The fraction of sp³-hybridized carbons (Fsp3) is 0.667. The molecule has 10 nitrogen and oxygen atoms in total. The number of carbonyl (C=O) groups excluding carboxylic acids is 4. The van der Waals surface area contributed by atoms with E-state index in [9.17, 15) is 19.2 Å². The van der Waals surface area contributed by atoms with Crippen molar-refractivity contribution in [2.24, 2.45) is 0 Å². The first-order chi connectivity index (χ1) is 11.4. The molecule has 0 aliphatic carbocycles. The Hall–Kier alpha value is -1.50. The van der Waals surface area contributed by atoms with Crippen molar-refractivity contribution < 1.29 is 29.4 Å². The van der Waals surface area contributed by atoms with E-state index in [2.05, 4.69) is 46.5 Å². The van der Waals surface area contributed by atoms with Crippen molar-refractivity contribution >= 4 is 48.9 Å². The molecule has 0 aliphatic heterocycles. The molecule has 0 aromatic rings. The van der Waals surface area contributed by atoms with Gasteiger partial charge in [0.25, 0.3) is 0 Å². The molecule has 0 aromatic heterocycles. The average molecular weight is 382 g/mol. The van der Waals surface area contributed by atoms with Crippen LogP contribution in [0, 0.1) is 0 Å². The Morgan fingerprint density at radius 1 is 0.750 bits per heavy atom. The summed E-state index contributed by atoms with van der Waals surface area (Å²) in [6, 6.07) is -2.15. The van der Waals surface area contributed by atoms with Crippen LogP contribution in [0.2, 0.25) is 0 Å². The molecule has 0 radical (unpaired) electrons. The summed E-state index contributed by atoms with van der Waals surface area (Å²) in [4.78, 5) is 46.9. The van der Waals surface area contributed by atoms with Gasteiger partial charge < -0.3 is 31.5 Å². The van der Waals surface area contributed by atoms with E-state index >= 15 is 0 Å². The SMILES string of the molecule is O=C(NC(CS)C(=O)NCCO)C(=O)NC(CS)C(=O)NCCO. The van der Waals surface area contributed by atoms with Gasteiger partial charge in [-0.1, -0.05) is 0 Å². The molecule has 2 atom stereocenters. The standard InChI is InChI=1S/C12H22N4O6S2/c17-3-1-13-9(19)7(5-23)15-11(21)12(22)16-8(6-24)10(20)14-2-4-18/h7-8,17-18,23-24H,1-6H2,(H,13,19)(H,14,20)(H,15,21)(H,16,22). The highest BCUT2D eigenvalue weighted by atomic mass is 32.1. The molecule has 2 unspecified atom stereocenters. The maximum atomic E-state index is 11.8. The van der Waals surface area contributed by atoms with Crippen molar-refractivity contribution in [1.82, 2.24) is 21.3 Å². The second kappa shape index (κ2) is 12.9. The zero-order valence-corrected chi connectivity index (χ0v) is 14.6. The van der Waals surface area contributed by atoms with Crippen LogP contribution in [0.5, 0.6) is 0 Å². The fourth-order valence-corrected chi connectivity index (χ4v) is 1.95. The van der Waals surface area contributed by atoms with Crippen molar-refractivity contribution in [2.45, 2.75) is 12.1 Å². The Balaban J connectivity index is 4.59. The van der Waals surface area contributed by atoms with Gasteiger partial charge in [0.05, 0.1) is 13.2 Å². The van der Waals surface area contributed by atoms with Crippen LogP contribution in [0.4, 0.5) is 0 Å². The number of hydrogen-bond donors (Lipinski definition) is 8. The molecule has 0 saturated carbocycles. The predicted octanol–water partition coefficient (Wildman–Crippen LogP) is -3.97. The van der Waals surface area contributed by atoms with Gasteiger partial charge in [0, 0.05) is 24.6 Å². The highest BCUT2D eigenvalue weighted by Gasteiger charge is 2.26. The molecule has 0 bridgehead atoms. The molecule has 0 fully saturated rings. The number of hydrogen-bond acceptors (Lipinski definition) is 8. The first-order valence-electron chi connectivity index (χ1n) is 7.01. The smallest absolute Gasteiger partial charge is 0.310 e. The van der Waals surface area contributed by atoms with Gasteiger partial charge in [-0.3, -0.25) is 19.2 Å². The Labute approximate surface area is 149 Å². The molecule has 24 heavy (non-hydrogen) atoms. The summed E-state index contributed by atoms with van der Waals surface area (Å²) in [5, 5.41) is 26.3. The van der Waals surface area contributed by atoms with Gasteiger partial charge in [0.15, 0.2) is 0 Å². The van der Waals surface area contributed by atoms with Crippen LogP contribution < -0.4 is 21.3 Å². The summed E-state index contributed by atoms with van der Waals surface area (Å²) < 4.78 is 0. The van der Waals surface area contributed by atoms with Gasteiger partial charge in [-0.15, -0.1) is 0 Å². The van der Waals surface area contributed by atoms with Crippen molar-refractivity contribution in [3.05, 3.63) is 0 Å². The summed E-state index contributed by atoms with van der Waals surface area (Å²) in [5.74, 6) is -3.57. The third kappa shape index (κ3) is 8.38. The van der Waals surface area contributed by atoms with Crippen molar-refractivity contribution in [1.29, 1.82) is 0 Å². The zero-order valence-electron chi connectivity index (χ0n) is 12.8. The third-order valence-corrected chi connectivity index (χ3v) is 3.37. The van der Waals surface area contributed by atoms with Gasteiger partial charge in [0.1, 0.15) is 12.1 Å². The maximum Gasteiger partial charge on any atom is 0.310 e. The number of nitrogens with one attached hydrogen (secondary N) is 4. The Morgan fingerprint density at radius 2 is 1.08 bits per heavy atom. The van der Waals surface area contributed by atoms with Gasteiger partial charge in [-0.25, -0.2) is 0 Å². The first-order valence-corrected chi connectivity index (χ1v) is 8.27. The molecule has 4 amide bonds. The minimum atomic E-state index is -1.12. The van der Waals surface area contributed by atoms with E-state index in [0.29, 0.717) is 0 Å². The summed E-state index contributed by atoms with van der Waals surface area (Å²) >= 11 is 7.82. The van der Waals surface area contributed by atoms with Crippen LogP contribution in [-0.4, -0.2) is 83.7 Å². The highest BCUT2D eigenvalue weighted by molar-refractivity contribution is 7.80. The van der Waals surface area contributed by atoms with E-state index in [1.165, 1.54) is 0 Å². The van der Waals surface area contributed by atoms with E-state index in [4.69, 9.17) is 10.2 Å². The zero-order chi connectivity index (χ0) is 18.5. The van der Waals surface area contributed by atoms with Crippen molar-refractivity contribution in [2.75, 3.05) is 37.8 Å². The molecule has 0 aromatic carbocycles. The third-order valence-electron chi connectivity index (χ3n) is 2.64. The van der Waals surface area contributed by atoms with E-state index in [-0.39, 0.29) is 37.8 Å². The lowest BCUT2D eigenvalue weighted by Gasteiger charge is -2.18. The average Bonchev–Trinajstić information content (AvgIpc) is 2.59. The highest BCUT2D eigenvalue weighted by Crippen LogP contribution is 1.92. The lowest BCUT2D eigenvalue weighted by Crippen LogP contribution is -2.56. The normalized spacial score (nSPS) is 12.7. The molecule has 0 saturated heterocycles. The minimum Gasteiger partial charge on any atom is -0.395 e. The molecule has 6 N–H and O–H groups in total. The van der Waals surface area contributed by atoms with Crippen molar-refractivity contribution in [3.63, 3.8) is 0 Å². The van der Waals surface area contributed by atoms with Gasteiger partial charge in [-0.2, -0.15) is 25.3 Å². The topological polar surface area (TPSA) is 157 Å². The molecule has 12 heteroatoms. The van der Waals surface area contributed by atoms with E-state index in [0.717, 1.165) is 0 Å². The van der Waals surface area contributed by atoms with E-state index in [1.54, 1.807) is 0 Å². The van der Waals surface area contributed by atoms with Gasteiger partial charge >= 0.3 is 11.8 Å². The van der Waals surface area contributed by atoms with Crippen LogP contribution in [0.3, 0.4) is 0 Å². The Kier molecular flexibility index (Phi) is 12.1. The maximum absolute atomic E-state index is 11.8. The molecule has 0 heterocycles. The van der Waals surface area contributed by atoms with Crippen molar-refractivity contribution in [3.8, 4) is 0 Å². The van der Waals surface area contributed by atoms with Crippen LogP contribution in [0.25, 0.3) is 0 Å². The number of carbonyl (C=O) groups is 4. The number of aliphatic hydroxyl groups excluding tert-OH is 2. The van der Waals surface area contributed by atoms with E-state index in [1.807, 2.05) is 0 Å². The summed E-state index contributed by atoms with van der Waals surface area (Å²) in [6.07, 6.45) is 0. The Morgan fingerprint density at radius 3 is 1.33 bits per heavy atom. The second-order valence-electron chi connectivity index (χ2n) is 4.45. The quantitative estimate of drug-likeness (QED) is 0.142. The Bertz CT molecular complexity index is 411. The summed E-state index contributed by atoms with van der Waals surface area (Å²) in [7, 11) is 0. The number of amides is 4. The van der Waals surface area contributed by atoms with Crippen LogP contribution >= 0.6 is 25.3 Å². The predicted molar refractivity (Wildman–Crippen MR) is 91.8 cm³/mol. The molecule has 0 aliphatic rings. The van der Waals surface area contributed by atoms with Crippen LogP contribution in [-0.2, 0) is 19.2 Å². The first kappa shape index (κ1) is 22.5. The fourth-order valence-electron chi connectivity index (χ4n) is 1.44.